The Bertz CT molecular complexity index is 2320. The summed E-state index contributed by atoms with van der Waals surface area (Å²) in [4.78, 5) is 31.2. The van der Waals surface area contributed by atoms with Gasteiger partial charge in [0.05, 0.1) is 19.3 Å². The zero-order valence-corrected chi connectivity index (χ0v) is 39.2. The smallest absolute Gasteiger partial charge is 0.410 e. The number of rotatable bonds is 12. The monoisotopic (exact) mass is 859 g/mol. The van der Waals surface area contributed by atoms with Gasteiger partial charge in [-0.15, -0.1) is 5.54 Å². The molecule has 0 bridgehead atoms. The molecular formula is C47H63F2N5O6Si. The van der Waals surface area contributed by atoms with Crippen LogP contribution in [0.4, 0.5) is 19.4 Å². The number of likely N-dealkylation sites (tertiary alicyclic amines) is 1. The van der Waals surface area contributed by atoms with E-state index in [0.29, 0.717) is 45.5 Å². The Hall–Kier alpha value is -4.74. The minimum atomic E-state index is -2.32. The number of halogens is 2. The van der Waals surface area contributed by atoms with Gasteiger partial charge in [0.25, 0.3) is 0 Å². The number of hydrogen-bond donors (Lipinski definition) is 0. The van der Waals surface area contributed by atoms with Gasteiger partial charge < -0.3 is 33.5 Å². The molecule has 4 aromatic rings. The number of amides is 1. The summed E-state index contributed by atoms with van der Waals surface area (Å²) in [5.41, 5.74) is 3.80. The third kappa shape index (κ3) is 8.83. The Morgan fingerprint density at radius 2 is 1.66 bits per heavy atom. The average molecular weight is 860 g/mol. The first-order valence-electron chi connectivity index (χ1n) is 21.4. The van der Waals surface area contributed by atoms with Crippen LogP contribution < -0.4 is 19.1 Å². The topological polar surface area (TPSA) is 108 Å². The average Bonchev–Trinajstić information content (AvgIpc) is 3.63. The van der Waals surface area contributed by atoms with Crippen molar-refractivity contribution in [1.29, 1.82) is 0 Å². The van der Waals surface area contributed by atoms with Crippen LogP contribution in [0, 0.1) is 28.5 Å². The van der Waals surface area contributed by atoms with E-state index in [-0.39, 0.29) is 70.6 Å². The number of carbonyl (C=O) groups excluding carboxylic acids is 1. The van der Waals surface area contributed by atoms with Crippen LogP contribution in [0.25, 0.3) is 32.9 Å². The van der Waals surface area contributed by atoms with Gasteiger partial charge in [-0.3, -0.25) is 0 Å². The lowest BCUT2D eigenvalue weighted by Gasteiger charge is -2.46. The number of nitrogens with zero attached hydrogens (tertiary/aromatic N) is 5. The second-order valence-corrected chi connectivity index (χ2v) is 24.3. The van der Waals surface area contributed by atoms with Gasteiger partial charge in [0.15, 0.2) is 12.6 Å². The highest BCUT2D eigenvalue weighted by molar-refractivity contribution is 6.90. The van der Waals surface area contributed by atoms with Gasteiger partial charge in [-0.1, -0.05) is 60.0 Å². The van der Waals surface area contributed by atoms with E-state index in [9.17, 15) is 4.79 Å². The molecule has 1 saturated carbocycles. The van der Waals surface area contributed by atoms with E-state index in [1.807, 2.05) is 25.7 Å². The molecule has 0 N–H and O–H groups in total. The maximum atomic E-state index is 17.7. The number of carbonyl (C=O) groups is 1. The van der Waals surface area contributed by atoms with Crippen molar-refractivity contribution in [3.63, 3.8) is 0 Å². The fourth-order valence-corrected chi connectivity index (χ4v) is 15.2. The Balaban J connectivity index is 1.54. The molecule has 0 unspecified atom stereocenters. The van der Waals surface area contributed by atoms with Crippen LogP contribution in [-0.2, 0) is 9.47 Å². The zero-order valence-electron chi connectivity index (χ0n) is 38.2. The molecule has 1 amide bonds. The van der Waals surface area contributed by atoms with Gasteiger partial charge in [-0.05, 0) is 86.7 Å². The van der Waals surface area contributed by atoms with E-state index in [2.05, 4.69) is 53.0 Å². The minimum absolute atomic E-state index is 0.0271. The van der Waals surface area contributed by atoms with Crippen LogP contribution in [0.2, 0.25) is 16.6 Å². The van der Waals surface area contributed by atoms with E-state index < -0.39 is 25.3 Å². The number of piperidine rings is 1. The van der Waals surface area contributed by atoms with Crippen LogP contribution in [0.5, 0.6) is 17.6 Å². The van der Waals surface area contributed by atoms with E-state index in [1.54, 1.807) is 37.2 Å². The van der Waals surface area contributed by atoms with Gasteiger partial charge >= 0.3 is 12.1 Å². The molecule has 1 aliphatic carbocycles. The Labute approximate surface area is 360 Å². The number of anilines is 1. The van der Waals surface area contributed by atoms with Crippen LogP contribution in [-0.4, -0.2) is 93.9 Å². The molecule has 1 saturated heterocycles. The summed E-state index contributed by atoms with van der Waals surface area (Å²) >= 11 is 0. The molecule has 61 heavy (non-hydrogen) atoms. The first-order chi connectivity index (χ1) is 28.8. The number of pyridine rings is 1. The van der Waals surface area contributed by atoms with E-state index in [4.69, 9.17) is 38.6 Å². The van der Waals surface area contributed by atoms with Crippen molar-refractivity contribution in [1.82, 2.24) is 19.9 Å². The van der Waals surface area contributed by atoms with Crippen molar-refractivity contribution in [2.45, 2.75) is 123 Å². The summed E-state index contributed by atoms with van der Waals surface area (Å²) in [5.74, 6) is 2.80. The lowest BCUT2D eigenvalue weighted by Crippen LogP contribution is -2.55. The van der Waals surface area contributed by atoms with E-state index in [1.165, 1.54) is 20.3 Å². The first-order valence-corrected chi connectivity index (χ1v) is 23.7. The van der Waals surface area contributed by atoms with Gasteiger partial charge in [0.2, 0.25) is 5.88 Å². The molecule has 2 aromatic heterocycles. The molecule has 11 nitrogen and oxygen atoms in total. The van der Waals surface area contributed by atoms with Crippen molar-refractivity contribution in [3.8, 4) is 40.4 Å². The summed E-state index contributed by atoms with van der Waals surface area (Å²) in [5, 5.41) is 1.22. The molecule has 2 aromatic carbocycles. The minimum Gasteiger partial charge on any atom is -0.480 e. The quantitative estimate of drug-likeness (QED) is 0.0776. The maximum Gasteiger partial charge on any atom is 0.410 e. The number of aromatic nitrogens is 3. The molecule has 330 valence electrons. The molecule has 3 heterocycles. The van der Waals surface area contributed by atoms with Crippen molar-refractivity contribution in [2.24, 2.45) is 5.41 Å². The number of fused-ring (bicyclic) bond motifs is 3. The van der Waals surface area contributed by atoms with Crippen molar-refractivity contribution in [2.75, 3.05) is 53.2 Å². The molecule has 2 fully saturated rings. The predicted molar refractivity (Wildman–Crippen MR) is 239 cm³/mol. The van der Waals surface area contributed by atoms with Crippen LogP contribution in [0.15, 0.2) is 24.3 Å². The fourth-order valence-electron chi connectivity index (χ4n) is 10.00. The molecular weight excluding hydrogens is 797 g/mol. The Kier molecular flexibility index (Phi) is 13.5. The second kappa shape index (κ2) is 17.9. The Morgan fingerprint density at radius 1 is 0.967 bits per heavy atom. The van der Waals surface area contributed by atoms with Gasteiger partial charge in [0.1, 0.15) is 47.7 Å². The van der Waals surface area contributed by atoms with Gasteiger partial charge in [0, 0.05) is 50.2 Å². The SMILES string of the molecule is COCOc1cc(-c2nc(OC)c3c(N(C)C)nc(OC[C@]45CCC[C@H]4N(C(=O)OC(C)(C)C)CCC5)nc3c2F)c2c(C#C[Si](C(C)C)(C(C)C)C(C)C)c(F)ccc2c1. The highest BCUT2D eigenvalue weighted by Crippen LogP contribution is 2.49. The summed E-state index contributed by atoms with van der Waals surface area (Å²) in [6.45, 7) is 19.6. The Morgan fingerprint density at radius 3 is 2.28 bits per heavy atom. The van der Waals surface area contributed by atoms with Crippen molar-refractivity contribution in [3.05, 3.63) is 41.5 Å². The molecule has 2 atom stereocenters. The van der Waals surface area contributed by atoms with Crippen molar-refractivity contribution >= 4 is 41.7 Å². The molecule has 0 radical (unpaired) electrons. The van der Waals surface area contributed by atoms with E-state index in [0.717, 1.165) is 32.1 Å². The largest absolute Gasteiger partial charge is 0.480 e. The summed E-state index contributed by atoms with van der Waals surface area (Å²) in [6.07, 6.45) is 3.94. The second-order valence-electron chi connectivity index (χ2n) is 18.8. The third-order valence-corrected chi connectivity index (χ3v) is 19.0. The highest BCUT2D eigenvalue weighted by atomic mass is 28.3. The standard InChI is InChI=1S/C47H63F2N5O6Si/c1-28(2)61(29(3)4,30(5)6)23-19-33-35(48)18-17-31-24-32(59-27-56-12)25-34(37(31)33)40-39(49)41-38(43(50-40)57-13)42(53(10)11)52-44(51-41)58-26-47-20-14-16-36(47)54(22-15-21-47)45(55)60-46(7,8)9/h17-18,24-25,28-30,36H,14-16,20-22,26-27H2,1-13H3/t36-,47-/m1/s1. The first kappa shape index (κ1) is 45.8. The van der Waals surface area contributed by atoms with Crippen LogP contribution in [0.1, 0.15) is 100.0 Å². The molecule has 2 aliphatic rings. The van der Waals surface area contributed by atoms with E-state index >= 15 is 8.78 Å². The van der Waals surface area contributed by atoms with Gasteiger partial charge in [-0.2, -0.15) is 9.97 Å². The lowest BCUT2D eigenvalue weighted by atomic mass is 9.75. The predicted octanol–water partition coefficient (Wildman–Crippen LogP) is 10.7. The summed E-state index contributed by atoms with van der Waals surface area (Å²) in [7, 11) is 4.21. The van der Waals surface area contributed by atoms with Gasteiger partial charge in [-0.25, -0.2) is 18.6 Å². The number of ether oxygens (including phenoxy) is 5. The lowest BCUT2D eigenvalue weighted by molar-refractivity contribution is -0.0282. The molecule has 14 heteroatoms. The molecule has 1 aliphatic heterocycles. The fraction of sp³-hybridized carbons (Fsp3) is 0.574. The normalized spacial score (nSPS) is 18.1. The number of benzene rings is 2. The highest BCUT2D eigenvalue weighted by Gasteiger charge is 2.51. The number of methoxy groups -OCH3 is 2. The molecule has 6 rings (SSSR count). The van der Waals surface area contributed by atoms with Crippen molar-refractivity contribution < 1.29 is 37.3 Å². The number of hydrogen-bond acceptors (Lipinski definition) is 10. The van der Waals surface area contributed by atoms with Crippen LogP contribution >= 0.6 is 0 Å². The summed E-state index contributed by atoms with van der Waals surface area (Å²) < 4.78 is 63.3. The third-order valence-electron chi connectivity index (χ3n) is 12.7. The maximum absolute atomic E-state index is 17.7. The summed E-state index contributed by atoms with van der Waals surface area (Å²) in [6, 6.07) is 6.31. The van der Waals surface area contributed by atoms with Crippen LogP contribution in [0.3, 0.4) is 0 Å². The molecule has 0 spiro atoms. The zero-order chi connectivity index (χ0) is 44.6.